The van der Waals surface area contributed by atoms with Crippen molar-refractivity contribution in [3.63, 3.8) is 0 Å². The first-order valence-corrected chi connectivity index (χ1v) is 6.06. The van der Waals surface area contributed by atoms with Gasteiger partial charge in [-0.05, 0) is 38.8 Å². The van der Waals surface area contributed by atoms with Gasteiger partial charge < -0.3 is 10.6 Å². The number of rotatable bonds is 3. The van der Waals surface area contributed by atoms with Gasteiger partial charge in [-0.2, -0.15) is 0 Å². The molecule has 102 valence electrons. The van der Waals surface area contributed by atoms with E-state index in [9.17, 15) is 0 Å². The van der Waals surface area contributed by atoms with Crippen molar-refractivity contribution in [2.24, 2.45) is 4.99 Å². The van der Waals surface area contributed by atoms with E-state index in [1.54, 1.807) is 7.05 Å². The normalized spacial score (nSPS) is 11.1. The molecule has 0 aliphatic carbocycles. The summed E-state index contributed by atoms with van der Waals surface area (Å²) < 4.78 is 0. The number of aryl methyl sites for hydroxylation is 2. The highest BCUT2D eigenvalue weighted by molar-refractivity contribution is 14.0. The summed E-state index contributed by atoms with van der Waals surface area (Å²) in [5.41, 5.74) is 3.93. The Morgan fingerprint density at radius 2 is 1.94 bits per heavy atom. The minimum Gasteiger partial charge on any atom is -0.354 e. The molecule has 0 bridgehead atoms. The first-order valence-electron chi connectivity index (χ1n) is 6.06. The van der Waals surface area contributed by atoms with Crippen molar-refractivity contribution >= 4 is 29.9 Å². The molecule has 0 heterocycles. The molecule has 4 heteroatoms. The molecular formula is C14H24IN3. The topological polar surface area (TPSA) is 36.4 Å². The van der Waals surface area contributed by atoms with Gasteiger partial charge in [0.1, 0.15) is 0 Å². The molecule has 3 nitrogen and oxygen atoms in total. The number of halogens is 1. The maximum Gasteiger partial charge on any atom is 0.191 e. The van der Waals surface area contributed by atoms with E-state index in [0.29, 0.717) is 6.04 Å². The lowest BCUT2D eigenvalue weighted by atomic mass is 10.1. The molecule has 1 rings (SSSR count). The quantitative estimate of drug-likeness (QED) is 0.493. The standard InChI is InChI=1S/C14H23N3.HI/c1-10(2)17-14(15-5)16-9-13-7-6-11(3)8-12(13)4;/h6-8,10H,9H2,1-5H3,(H2,15,16,17);1H. The molecule has 2 N–H and O–H groups in total. The van der Waals surface area contributed by atoms with Gasteiger partial charge in [-0.25, -0.2) is 0 Å². The SMILES string of the molecule is CN=C(NCc1ccc(C)cc1C)NC(C)C.I. The van der Waals surface area contributed by atoms with Crippen LogP contribution in [0.4, 0.5) is 0 Å². The van der Waals surface area contributed by atoms with Crippen molar-refractivity contribution in [1.29, 1.82) is 0 Å². The summed E-state index contributed by atoms with van der Waals surface area (Å²) in [6.45, 7) is 9.26. The van der Waals surface area contributed by atoms with E-state index in [4.69, 9.17) is 0 Å². The van der Waals surface area contributed by atoms with E-state index in [2.05, 4.69) is 61.5 Å². The molecule has 0 saturated heterocycles. The van der Waals surface area contributed by atoms with Crippen LogP contribution >= 0.6 is 24.0 Å². The summed E-state index contributed by atoms with van der Waals surface area (Å²) in [5.74, 6) is 0.847. The number of nitrogens with zero attached hydrogens (tertiary/aromatic N) is 1. The Bertz CT molecular complexity index is 400. The Morgan fingerprint density at radius 1 is 1.28 bits per heavy atom. The molecule has 0 spiro atoms. The third kappa shape index (κ3) is 5.71. The van der Waals surface area contributed by atoms with Crippen LogP contribution in [0.5, 0.6) is 0 Å². The molecule has 0 saturated carbocycles. The van der Waals surface area contributed by atoms with Gasteiger partial charge in [0.05, 0.1) is 0 Å². The number of hydrogen-bond acceptors (Lipinski definition) is 1. The van der Waals surface area contributed by atoms with E-state index in [-0.39, 0.29) is 24.0 Å². The van der Waals surface area contributed by atoms with E-state index < -0.39 is 0 Å². The van der Waals surface area contributed by atoms with Crippen LogP contribution in [0, 0.1) is 13.8 Å². The third-order valence-corrected chi connectivity index (χ3v) is 2.59. The molecular weight excluding hydrogens is 337 g/mol. The third-order valence-electron chi connectivity index (χ3n) is 2.59. The summed E-state index contributed by atoms with van der Waals surface area (Å²) in [5, 5.41) is 6.59. The lowest BCUT2D eigenvalue weighted by Crippen LogP contribution is -2.40. The lowest BCUT2D eigenvalue weighted by molar-refractivity contribution is 0.699. The predicted octanol–water partition coefficient (Wildman–Crippen LogP) is 2.99. The van der Waals surface area contributed by atoms with Crippen molar-refractivity contribution in [1.82, 2.24) is 10.6 Å². The highest BCUT2D eigenvalue weighted by atomic mass is 127. The number of benzene rings is 1. The fraction of sp³-hybridized carbons (Fsp3) is 0.500. The monoisotopic (exact) mass is 361 g/mol. The predicted molar refractivity (Wildman–Crippen MR) is 89.8 cm³/mol. The zero-order valence-electron chi connectivity index (χ0n) is 11.9. The largest absolute Gasteiger partial charge is 0.354 e. The van der Waals surface area contributed by atoms with Gasteiger partial charge in [-0.3, -0.25) is 4.99 Å². The molecule has 0 aromatic heterocycles. The Labute approximate surface area is 127 Å². The van der Waals surface area contributed by atoms with E-state index >= 15 is 0 Å². The average molecular weight is 361 g/mol. The fourth-order valence-corrected chi connectivity index (χ4v) is 1.69. The first-order chi connectivity index (χ1) is 8.02. The number of guanidine groups is 1. The molecule has 0 aliphatic heterocycles. The highest BCUT2D eigenvalue weighted by Gasteiger charge is 2.02. The zero-order chi connectivity index (χ0) is 12.8. The van der Waals surface area contributed by atoms with Gasteiger partial charge in [-0.1, -0.05) is 23.8 Å². The molecule has 0 radical (unpaired) electrons. The molecule has 0 unspecified atom stereocenters. The number of hydrogen-bond donors (Lipinski definition) is 2. The van der Waals surface area contributed by atoms with Crippen LogP contribution in [-0.2, 0) is 6.54 Å². The van der Waals surface area contributed by atoms with Crippen LogP contribution in [-0.4, -0.2) is 19.0 Å². The molecule has 0 atom stereocenters. The summed E-state index contributed by atoms with van der Waals surface area (Å²) in [4.78, 5) is 4.18. The van der Waals surface area contributed by atoms with Crippen LogP contribution in [0.3, 0.4) is 0 Å². The van der Waals surface area contributed by atoms with Crippen LogP contribution < -0.4 is 10.6 Å². The van der Waals surface area contributed by atoms with Crippen molar-refractivity contribution in [2.75, 3.05) is 7.05 Å². The fourth-order valence-electron chi connectivity index (χ4n) is 1.69. The molecule has 0 fully saturated rings. The van der Waals surface area contributed by atoms with E-state index in [0.717, 1.165) is 12.5 Å². The minimum atomic E-state index is 0. The van der Waals surface area contributed by atoms with Crippen LogP contribution in [0.15, 0.2) is 23.2 Å². The summed E-state index contributed by atoms with van der Waals surface area (Å²) in [6, 6.07) is 6.90. The molecule has 0 aliphatic rings. The van der Waals surface area contributed by atoms with Crippen LogP contribution in [0.25, 0.3) is 0 Å². The second-order valence-electron chi connectivity index (χ2n) is 4.65. The van der Waals surface area contributed by atoms with Crippen LogP contribution in [0.2, 0.25) is 0 Å². The number of aliphatic imine (C=N–C) groups is 1. The second kappa shape index (κ2) is 8.34. The van der Waals surface area contributed by atoms with Gasteiger partial charge in [0.15, 0.2) is 5.96 Å². The molecule has 18 heavy (non-hydrogen) atoms. The van der Waals surface area contributed by atoms with E-state index in [1.165, 1.54) is 16.7 Å². The van der Waals surface area contributed by atoms with Gasteiger partial charge in [-0.15, -0.1) is 24.0 Å². The van der Waals surface area contributed by atoms with Gasteiger partial charge in [0.2, 0.25) is 0 Å². The van der Waals surface area contributed by atoms with Crippen molar-refractivity contribution < 1.29 is 0 Å². The zero-order valence-corrected chi connectivity index (χ0v) is 14.2. The summed E-state index contributed by atoms with van der Waals surface area (Å²) >= 11 is 0. The minimum absolute atomic E-state index is 0. The number of nitrogens with one attached hydrogen (secondary N) is 2. The maximum atomic E-state index is 4.18. The Hall–Kier alpha value is -0.780. The van der Waals surface area contributed by atoms with Gasteiger partial charge in [0.25, 0.3) is 0 Å². The Kier molecular flexibility index (Phi) is 7.98. The molecule has 1 aromatic rings. The highest BCUT2D eigenvalue weighted by Crippen LogP contribution is 2.09. The Balaban J connectivity index is 0.00000289. The van der Waals surface area contributed by atoms with Crippen molar-refractivity contribution in [3.05, 3.63) is 34.9 Å². The smallest absolute Gasteiger partial charge is 0.191 e. The molecule has 1 aromatic carbocycles. The summed E-state index contributed by atoms with van der Waals surface area (Å²) in [7, 11) is 1.79. The van der Waals surface area contributed by atoms with Crippen molar-refractivity contribution in [3.8, 4) is 0 Å². The average Bonchev–Trinajstić information content (AvgIpc) is 2.25. The Morgan fingerprint density at radius 3 is 2.44 bits per heavy atom. The van der Waals surface area contributed by atoms with Crippen LogP contribution in [0.1, 0.15) is 30.5 Å². The molecule has 0 amide bonds. The lowest BCUT2D eigenvalue weighted by Gasteiger charge is -2.15. The second-order valence-corrected chi connectivity index (χ2v) is 4.65. The first kappa shape index (κ1) is 17.2. The van der Waals surface area contributed by atoms with Gasteiger partial charge >= 0.3 is 0 Å². The van der Waals surface area contributed by atoms with Crippen molar-refractivity contribution in [2.45, 2.75) is 40.3 Å². The summed E-state index contributed by atoms with van der Waals surface area (Å²) in [6.07, 6.45) is 0. The van der Waals surface area contributed by atoms with Gasteiger partial charge in [0, 0.05) is 19.6 Å². The maximum absolute atomic E-state index is 4.18. The van der Waals surface area contributed by atoms with E-state index in [1.807, 2.05) is 0 Å².